The fourth-order valence-corrected chi connectivity index (χ4v) is 6.17. The molecule has 238 valence electrons. The number of furan rings is 1. The number of halogens is 3. The third-order valence-corrected chi connectivity index (χ3v) is 8.85. The first-order valence-electron chi connectivity index (χ1n) is 15.4. The number of hydrogen-bond acceptors (Lipinski definition) is 6. The number of alkyl halides is 3. The van der Waals surface area contributed by atoms with Crippen molar-refractivity contribution in [3.05, 3.63) is 95.2 Å². The first kappa shape index (κ1) is 31.2. The van der Waals surface area contributed by atoms with E-state index < -0.39 is 11.7 Å². The van der Waals surface area contributed by atoms with Gasteiger partial charge < -0.3 is 20.0 Å². The second-order valence-electron chi connectivity index (χ2n) is 12.0. The summed E-state index contributed by atoms with van der Waals surface area (Å²) in [5.74, 6) is -0.387. The lowest BCUT2D eigenvalue weighted by atomic mass is 9.95. The molecule has 2 amide bonds. The van der Waals surface area contributed by atoms with Crippen LogP contribution in [-0.2, 0) is 17.5 Å². The van der Waals surface area contributed by atoms with Crippen LogP contribution in [0.1, 0.15) is 52.9 Å². The van der Waals surface area contributed by atoms with Crippen molar-refractivity contribution in [1.82, 2.24) is 10.2 Å². The van der Waals surface area contributed by atoms with Gasteiger partial charge in [-0.1, -0.05) is 12.1 Å². The summed E-state index contributed by atoms with van der Waals surface area (Å²) < 4.78 is 44.5. The van der Waals surface area contributed by atoms with Gasteiger partial charge in [0.25, 0.3) is 5.91 Å². The Morgan fingerprint density at radius 2 is 1.59 bits per heavy atom. The molecule has 0 aliphatic carbocycles. The van der Waals surface area contributed by atoms with Gasteiger partial charge in [-0.2, -0.15) is 18.4 Å². The second kappa shape index (κ2) is 13.3. The predicted octanol–water partition coefficient (Wildman–Crippen LogP) is 6.57. The number of likely N-dealkylation sites (tertiary alicyclic amines) is 1. The SMILES string of the molecule is N#Cc1ccc(CN2CCC(NC(=O)c3cc4cc(NC(=O)C5CCN(c6ccc(C(F)(F)F)cc6)CC5)ccc4o3)CC2)cc1. The van der Waals surface area contributed by atoms with E-state index in [1.165, 1.54) is 12.1 Å². The van der Waals surface area contributed by atoms with Gasteiger partial charge in [-0.05, 0) is 91.9 Å². The average Bonchev–Trinajstić information content (AvgIpc) is 3.50. The molecule has 0 radical (unpaired) electrons. The van der Waals surface area contributed by atoms with Crippen LogP contribution in [0.15, 0.2) is 77.2 Å². The van der Waals surface area contributed by atoms with Gasteiger partial charge in [0.2, 0.25) is 5.91 Å². The highest BCUT2D eigenvalue weighted by molar-refractivity contribution is 5.98. The second-order valence-corrected chi connectivity index (χ2v) is 12.0. The first-order valence-corrected chi connectivity index (χ1v) is 15.4. The summed E-state index contributed by atoms with van der Waals surface area (Å²) in [4.78, 5) is 30.4. The summed E-state index contributed by atoms with van der Waals surface area (Å²) in [7, 11) is 0. The molecule has 2 saturated heterocycles. The summed E-state index contributed by atoms with van der Waals surface area (Å²) in [6, 6.07) is 21.8. The Kier molecular flexibility index (Phi) is 8.99. The summed E-state index contributed by atoms with van der Waals surface area (Å²) in [6.45, 7) is 3.64. The van der Waals surface area contributed by atoms with Gasteiger partial charge in [0.05, 0.1) is 17.2 Å². The van der Waals surface area contributed by atoms with Crippen LogP contribution >= 0.6 is 0 Å². The number of carbonyl (C=O) groups excluding carboxylic acids is 2. The number of nitriles is 1. The number of carbonyl (C=O) groups is 2. The Labute approximate surface area is 264 Å². The maximum Gasteiger partial charge on any atom is 0.416 e. The molecule has 46 heavy (non-hydrogen) atoms. The lowest BCUT2D eigenvalue weighted by molar-refractivity contribution is -0.137. The number of benzene rings is 3. The maximum absolute atomic E-state index is 13.0. The van der Waals surface area contributed by atoms with Crippen LogP contribution in [0.5, 0.6) is 0 Å². The van der Waals surface area contributed by atoms with Crippen molar-refractivity contribution in [1.29, 1.82) is 5.26 Å². The van der Waals surface area contributed by atoms with Crippen LogP contribution in [0.25, 0.3) is 11.0 Å². The molecule has 6 rings (SSSR count). The zero-order valence-corrected chi connectivity index (χ0v) is 25.1. The minimum atomic E-state index is -4.37. The van der Waals surface area contributed by atoms with Gasteiger partial charge in [0, 0.05) is 61.4 Å². The van der Waals surface area contributed by atoms with Gasteiger partial charge in [-0.3, -0.25) is 14.5 Å². The van der Waals surface area contributed by atoms with E-state index in [1.807, 2.05) is 29.2 Å². The summed E-state index contributed by atoms with van der Waals surface area (Å²) >= 11 is 0. The molecule has 0 atom stereocenters. The Hall–Kier alpha value is -4.82. The zero-order valence-electron chi connectivity index (χ0n) is 25.1. The summed E-state index contributed by atoms with van der Waals surface area (Å²) in [6.07, 6.45) is -1.56. The van der Waals surface area contributed by atoms with Crippen molar-refractivity contribution in [3.8, 4) is 6.07 Å². The molecule has 2 aliphatic rings. The molecule has 2 fully saturated rings. The minimum absolute atomic E-state index is 0.0402. The molecule has 3 heterocycles. The van der Waals surface area contributed by atoms with E-state index in [0.29, 0.717) is 53.8 Å². The number of nitrogens with zero attached hydrogens (tertiary/aromatic N) is 3. The predicted molar refractivity (Wildman–Crippen MR) is 168 cm³/mol. The monoisotopic (exact) mass is 629 g/mol. The number of hydrogen-bond donors (Lipinski definition) is 2. The first-order chi connectivity index (χ1) is 22.1. The van der Waals surface area contributed by atoms with Crippen LogP contribution in [0.3, 0.4) is 0 Å². The molecular weight excluding hydrogens is 595 g/mol. The van der Waals surface area contributed by atoms with Gasteiger partial charge in [-0.25, -0.2) is 0 Å². The van der Waals surface area contributed by atoms with Crippen molar-refractivity contribution in [2.75, 3.05) is 36.4 Å². The smallest absolute Gasteiger partial charge is 0.416 e. The molecule has 2 N–H and O–H groups in total. The zero-order chi connectivity index (χ0) is 32.3. The molecule has 11 heteroatoms. The topological polar surface area (TPSA) is 102 Å². The van der Waals surface area contributed by atoms with Crippen LogP contribution in [0.4, 0.5) is 24.5 Å². The fourth-order valence-electron chi connectivity index (χ4n) is 6.17. The molecule has 3 aromatic carbocycles. The standard InChI is InChI=1S/C35H34F3N5O3/c36-35(37,38)27-5-8-30(9-6-27)43-17-11-25(12-18-43)33(44)41-29-7-10-31-26(19-29)20-32(46-31)34(45)40-28-13-15-42(16-14-28)22-24-3-1-23(21-39)2-4-24/h1-10,19-20,25,28H,11-18,22H2,(H,40,45)(H,41,44). The van der Waals surface area contributed by atoms with Gasteiger partial charge in [0.15, 0.2) is 5.76 Å². The van der Waals surface area contributed by atoms with Gasteiger partial charge in [-0.15, -0.1) is 0 Å². The number of fused-ring (bicyclic) bond motifs is 1. The van der Waals surface area contributed by atoms with E-state index in [1.54, 1.807) is 24.3 Å². The fraction of sp³-hybridized carbons (Fsp3) is 0.343. The molecule has 0 bridgehead atoms. The number of rotatable bonds is 7. The molecule has 8 nitrogen and oxygen atoms in total. The Morgan fingerprint density at radius 1 is 0.891 bits per heavy atom. The van der Waals surface area contributed by atoms with Crippen molar-refractivity contribution in [2.45, 2.75) is 44.4 Å². The largest absolute Gasteiger partial charge is 0.451 e. The van der Waals surface area contributed by atoms with E-state index in [2.05, 4.69) is 21.6 Å². The Balaban J connectivity index is 0.976. The van der Waals surface area contributed by atoms with Crippen molar-refractivity contribution in [2.24, 2.45) is 5.92 Å². The molecule has 4 aromatic rings. The quantitative estimate of drug-likeness (QED) is 0.240. The normalized spacial score (nSPS) is 16.7. The molecule has 2 aliphatic heterocycles. The molecule has 0 saturated carbocycles. The van der Waals surface area contributed by atoms with Crippen molar-refractivity contribution in [3.63, 3.8) is 0 Å². The van der Waals surface area contributed by atoms with E-state index in [-0.39, 0.29) is 29.5 Å². The third kappa shape index (κ3) is 7.35. The number of nitrogens with one attached hydrogen (secondary N) is 2. The lowest BCUT2D eigenvalue weighted by Gasteiger charge is -2.33. The number of amides is 2. The van der Waals surface area contributed by atoms with Crippen LogP contribution in [0.2, 0.25) is 0 Å². The maximum atomic E-state index is 13.0. The minimum Gasteiger partial charge on any atom is -0.451 e. The molecule has 1 aromatic heterocycles. The van der Waals surface area contributed by atoms with E-state index in [4.69, 9.17) is 9.68 Å². The van der Waals surface area contributed by atoms with Crippen molar-refractivity contribution < 1.29 is 27.2 Å². The van der Waals surface area contributed by atoms with Crippen LogP contribution in [-0.4, -0.2) is 48.9 Å². The molecule has 0 spiro atoms. The van der Waals surface area contributed by atoms with E-state index in [0.717, 1.165) is 50.2 Å². The highest BCUT2D eigenvalue weighted by Gasteiger charge is 2.31. The van der Waals surface area contributed by atoms with Gasteiger partial charge >= 0.3 is 6.18 Å². The van der Waals surface area contributed by atoms with Crippen molar-refractivity contribution >= 4 is 34.2 Å². The summed E-state index contributed by atoms with van der Waals surface area (Å²) in [5.41, 5.74) is 2.98. The Morgan fingerprint density at radius 3 is 2.24 bits per heavy atom. The molecule has 0 unspecified atom stereocenters. The number of piperidine rings is 2. The highest BCUT2D eigenvalue weighted by Crippen LogP contribution is 2.32. The highest BCUT2D eigenvalue weighted by atomic mass is 19.4. The van der Waals surface area contributed by atoms with Crippen LogP contribution in [0, 0.1) is 17.2 Å². The molecular formula is C35H34F3N5O3. The van der Waals surface area contributed by atoms with E-state index >= 15 is 0 Å². The average molecular weight is 630 g/mol. The Bertz CT molecular complexity index is 1730. The third-order valence-electron chi connectivity index (χ3n) is 8.85. The number of anilines is 2. The van der Waals surface area contributed by atoms with E-state index in [9.17, 15) is 22.8 Å². The summed E-state index contributed by atoms with van der Waals surface area (Å²) in [5, 5.41) is 15.7. The van der Waals surface area contributed by atoms with Crippen LogP contribution < -0.4 is 15.5 Å². The van der Waals surface area contributed by atoms with Gasteiger partial charge in [0.1, 0.15) is 5.58 Å². The lowest BCUT2D eigenvalue weighted by Crippen LogP contribution is -2.44.